The van der Waals surface area contributed by atoms with Crippen molar-refractivity contribution in [3.8, 4) is 0 Å². The maximum atomic E-state index is 13.9. The molecular weight excluding hydrogens is 315 g/mol. The Morgan fingerprint density at radius 2 is 1.74 bits per heavy atom. The Kier molecular flexibility index (Phi) is 4.77. The molecular formula is C17H21FN2O2S. The van der Waals surface area contributed by atoms with Gasteiger partial charge in [-0.05, 0) is 41.8 Å². The molecule has 0 amide bonds. The highest BCUT2D eigenvalue weighted by molar-refractivity contribution is 7.92. The van der Waals surface area contributed by atoms with Crippen molar-refractivity contribution >= 4 is 15.7 Å². The number of para-hydroxylation sites is 1. The van der Waals surface area contributed by atoms with Crippen LogP contribution in [0.3, 0.4) is 0 Å². The third-order valence-corrected chi connectivity index (χ3v) is 5.70. The van der Waals surface area contributed by atoms with Gasteiger partial charge in [-0.1, -0.05) is 32.0 Å². The lowest BCUT2D eigenvalue weighted by atomic mass is 9.97. The number of hydrogen-bond donors (Lipinski definition) is 1. The Labute approximate surface area is 136 Å². The fourth-order valence-electron chi connectivity index (χ4n) is 2.62. The minimum absolute atomic E-state index is 0.0626. The Bertz CT molecular complexity index is 834. The van der Waals surface area contributed by atoms with Crippen LogP contribution in [0, 0.1) is 12.7 Å². The monoisotopic (exact) mass is 336 g/mol. The van der Waals surface area contributed by atoms with Crippen molar-refractivity contribution in [2.75, 3.05) is 11.4 Å². The predicted octanol–water partition coefficient (Wildman–Crippen LogP) is 3.35. The summed E-state index contributed by atoms with van der Waals surface area (Å²) in [6, 6.07) is 8.88. The first kappa shape index (κ1) is 17.4. The van der Waals surface area contributed by atoms with Gasteiger partial charge >= 0.3 is 0 Å². The lowest BCUT2D eigenvalue weighted by molar-refractivity contribution is 0.590. The molecule has 23 heavy (non-hydrogen) atoms. The summed E-state index contributed by atoms with van der Waals surface area (Å²) in [6.07, 6.45) is 0. The maximum Gasteiger partial charge on any atom is 0.264 e. The maximum absolute atomic E-state index is 13.9. The van der Waals surface area contributed by atoms with Gasteiger partial charge in [0.15, 0.2) is 0 Å². The van der Waals surface area contributed by atoms with E-state index in [0.717, 1.165) is 0 Å². The van der Waals surface area contributed by atoms with Crippen LogP contribution in [0.1, 0.15) is 36.6 Å². The van der Waals surface area contributed by atoms with Crippen molar-refractivity contribution in [1.82, 2.24) is 0 Å². The van der Waals surface area contributed by atoms with Crippen molar-refractivity contribution in [1.29, 1.82) is 0 Å². The molecule has 1 atom stereocenters. The molecule has 0 saturated carbocycles. The molecule has 0 radical (unpaired) electrons. The van der Waals surface area contributed by atoms with Gasteiger partial charge in [0.05, 0.1) is 16.6 Å². The second kappa shape index (κ2) is 6.29. The van der Waals surface area contributed by atoms with Crippen LogP contribution in [0.2, 0.25) is 0 Å². The smallest absolute Gasteiger partial charge is 0.264 e. The average Bonchev–Trinajstić information content (AvgIpc) is 2.61. The molecule has 124 valence electrons. The van der Waals surface area contributed by atoms with Gasteiger partial charge < -0.3 is 5.73 Å². The van der Waals surface area contributed by atoms with E-state index in [-0.39, 0.29) is 16.0 Å². The standard InChI is InChI=1S/C15H15FN2O2S.C2H6/c1-9-7-14-11(8-12(9)16)15(17)10-5-3-4-6-13(10)18(2)21(14,19)20;1-2/h3-8,15H,17H2,1-2H3;1-2H3. The molecule has 4 nitrogen and oxygen atoms in total. The van der Waals surface area contributed by atoms with Crippen LogP contribution in [0.4, 0.5) is 10.1 Å². The second-order valence-corrected chi connectivity index (χ2v) is 7.09. The van der Waals surface area contributed by atoms with E-state index >= 15 is 0 Å². The molecule has 2 N–H and O–H groups in total. The molecule has 0 aromatic heterocycles. The van der Waals surface area contributed by atoms with Crippen LogP contribution in [-0.2, 0) is 10.0 Å². The van der Waals surface area contributed by atoms with Crippen LogP contribution >= 0.6 is 0 Å². The predicted molar refractivity (Wildman–Crippen MR) is 90.5 cm³/mol. The molecule has 1 unspecified atom stereocenters. The Hall–Kier alpha value is -1.92. The largest absolute Gasteiger partial charge is 0.320 e. The molecule has 0 saturated heterocycles. The van der Waals surface area contributed by atoms with Crippen molar-refractivity contribution < 1.29 is 12.8 Å². The van der Waals surface area contributed by atoms with Crippen molar-refractivity contribution in [3.63, 3.8) is 0 Å². The molecule has 1 aliphatic rings. The van der Waals surface area contributed by atoms with Crippen LogP contribution in [0.15, 0.2) is 41.3 Å². The minimum atomic E-state index is -3.76. The van der Waals surface area contributed by atoms with Gasteiger partial charge in [-0.2, -0.15) is 0 Å². The van der Waals surface area contributed by atoms with Crippen molar-refractivity contribution in [3.05, 3.63) is 58.9 Å². The Morgan fingerprint density at radius 1 is 1.13 bits per heavy atom. The number of nitrogens with two attached hydrogens (primary N) is 1. The number of hydrogen-bond acceptors (Lipinski definition) is 3. The topological polar surface area (TPSA) is 63.4 Å². The fraction of sp³-hybridized carbons (Fsp3) is 0.294. The molecule has 0 bridgehead atoms. The number of benzene rings is 2. The Balaban J connectivity index is 0.000000924. The summed E-state index contributed by atoms with van der Waals surface area (Å²) < 4.78 is 40.6. The van der Waals surface area contributed by atoms with Crippen molar-refractivity contribution in [2.24, 2.45) is 5.73 Å². The lowest BCUT2D eigenvalue weighted by Gasteiger charge is -2.19. The first-order chi connectivity index (χ1) is 10.8. The molecule has 2 aromatic carbocycles. The number of sulfonamides is 1. The number of aryl methyl sites for hydroxylation is 1. The minimum Gasteiger partial charge on any atom is -0.320 e. The number of rotatable bonds is 0. The molecule has 2 aromatic rings. The first-order valence-corrected chi connectivity index (χ1v) is 8.91. The third kappa shape index (κ3) is 2.72. The summed E-state index contributed by atoms with van der Waals surface area (Å²) >= 11 is 0. The third-order valence-electron chi connectivity index (χ3n) is 3.88. The van der Waals surface area contributed by atoms with E-state index in [9.17, 15) is 12.8 Å². The summed E-state index contributed by atoms with van der Waals surface area (Å²) in [5, 5.41) is 0. The van der Waals surface area contributed by atoms with E-state index in [2.05, 4.69) is 0 Å². The van der Waals surface area contributed by atoms with Crippen LogP contribution in [0.5, 0.6) is 0 Å². The molecule has 1 aliphatic heterocycles. The van der Waals surface area contributed by atoms with Crippen LogP contribution in [0.25, 0.3) is 0 Å². The quantitative estimate of drug-likeness (QED) is 0.802. The highest BCUT2D eigenvalue weighted by Gasteiger charge is 2.34. The number of anilines is 1. The van der Waals surface area contributed by atoms with Crippen LogP contribution < -0.4 is 10.0 Å². The number of halogens is 1. The van der Waals surface area contributed by atoms with Gasteiger partial charge in [0.1, 0.15) is 5.82 Å². The zero-order valence-electron chi connectivity index (χ0n) is 13.7. The van der Waals surface area contributed by atoms with Crippen LogP contribution in [-0.4, -0.2) is 15.5 Å². The summed E-state index contributed by atoms with van der Waals surface area (Å²) in [6.45, 7) is 5.54. The fourth-order valence-corrected chi connectivity index (χ4v) is 4.15. The zero-order valence-corrected chi connectivity index (χ0v) is 14.5. The van der Waals surface area contributed by atoms with Crippen molar-refractivity contribution in [2.45, 2.75) is 31.7 Å². The number of fused-ring (bicyclic) bond motifs is 2. The van der Waals surface area contributed by atoms with Gasteiger partial charge in [0.25, 0.3) is 10.0 Å². The summed E-state index contributed by atoms with van der Waals surface area (Å²) in [5.74, 6) is -0.457. The zero-order chi connectivity index (χ0) is 17.4. The molecule has 0 spiro atoms. The van der Waals surface area contributed by atoms with Gasteiger partial charge in [-0.3, -0.25) is 4.31 Å². The van der Waals surface area contributed by atoms with E-state index in [1.807, 2.05) is 13.8 Å². The van der Waals surface area contributed by atoms with E-state index < -0.39 is 21.9 Å². The molecule has 1 heterocycles. The molecule has 0 fully saturated rings. The summed E-state index contributed by atoms with van der Waals surface area (Å²) in [4.78, 5) is 0.0626. The second-order valence-electron chi connectivity index (χ2n) is 5.15. The van der Waals surface area contributed by atoms with Gasteiger partial charge in [-0.25, -0.2) is 12.8 Å². The SMILES string of the molecule is CC.Cc1cc2c(cc1F)C(N)c1ccccc1N(C)S2(=O)=O. The molecule has 6 heteroatoms. The van der Waals surface area contributed by atoms with E-state index in [1.165, 1.54) is 30.4 Å². The van der Waals surface area contributed by atoms with Gasteiger partial charge in [0, 0.05) is 7.05 Å². The van der Waals surface area contributed by atoms with E-state index in [0.29, 0.717) is 11.3 Å². The molecule has 3 rings (SSSR count). The van der Waals surface area contributed by atoms with Gasteiger partial charge in [0.2, 0.25) is 0 Å². The van der Waals surface area contributed by atoms with Gasteiger partial charge in [-0.15, -0.1) is 0 Å². The highest BCUT2D eigenvalue weighted by Crippen LogP contribution is 2.39. The first-order valence-electron chi connectivity index (χ1n) is 7.47. The van der Waals surface area contributed by atoms with E-state index in [4.69, 9.17) is 5.73 Å². The highest BCUT2D eigenvalue weighted by atomic mass is 32.2. The number of nitrogens with zero attached hydrogens (tertiary/aromatic N) is 1. The molecule has 0 aliphatic carbocycles. The van der Waals surface area contributed by atoms with E-state index in [1.54, 1.807) is 24.3 Å². The average molecular weight is 336 g/mol. The summed E-state index contributed by atoms with van der Waals surface area (Å²) in [5.41, 5.74) is 7.94. The Morgan fingerprint density at radius 3 is 2.39 bits per heavy atom. The normalized spacial score (nSPS) is 18.2. The lowest BCUT2D eigenvalue weighted by Crippen LogP contribution is -2.26. The summed E-state index contributed by atoms with van der Waals surface area (Å²) in [7, 11) is -2.28.